The van der Waals surface area contributed by atoms with E-state index in [-0.39, 0.29) is 24.3 Å². The number of hydrogen-bond acceptors (Lipinski definition) is 4. The fourth-order valence-electron chi connectivity index (χ4n) is 3.82. The molecule has 2 saturated heterocycles. The molecular weight excluding hydrogens is 348 g/mol. The van der Waals surface area contributed by atoms with Crippen molar-refractivity contribution in [3.8, 4) is 5.75 Å². The number of piperidine rings is 2. The third kappa shape index (κ3) is 4.78. The molecule has 1 N–H and O–H groups in total. The Labute approximate surface area is 158 Å². The van der Waals surface area contributed by atoms with Gasteiger partial charge in [-0.2, -0.15) is 0 Å². The first-order valence-corrected chi connectivity index (χ1v) is 9.55. The van der Waals surface area contributed by atoms with Crippen LogP contribution in [-0.4, -0.2) is 65.0 Å². The molecule has 0 radical (unpaired) electrons. The quantitative estimate of drug-likeness (QED) is 0.849. The molecule has 2 amide bonds. The van der Waals surface area contributed by atoms with Crippen LogP contribution < -0.4 is 4.74 Å². The second kappa shape index (κ2) is 8.88. The number of carboxylic acid groups (broad SMARTS) is 1. The summed E-state index contributed by atoms with van der Waals surface area (Å²) in [7, 11) is 0. The molecule has 27 heavy (non-hydrogen) atoms. The topological polar surface area (TPSA) is 87.2 Å². The number of aliphatic carboxylic acids is 1. The molecule has 1 atom stereocenters. The lowest BCUT2D eigenvalue weighted by Gasteiger charge is -2.38. The first-order valence-electron chi connectivity index (χ1n) is 9.55. The number of likely N-dealkylation sites (tertiary alicyclic amines) is 2. The van der Waals surface area contributed by atoms with Crippen molar-refractivity contribution >= 4 is 17.8 Å². The number of para-hydroxylation sites is 1. The van der Waals surface area contributed by atoms with E-state index in [0.717, 1.165) is 12.8 Å². The lowest BCUT2D eigenvalue weighted by Crippen LogP contribution is -2.52. The molecular formula is C20H26N2O5. The van der Waals surface area contributed by atoms with E-state index in [2.05, 4.69) is 0 Å². The van der Waals surface area contributed by atoms with E-state index in [1.807, 2.05) is 18.2 Å². The number of hydrogen-bond donors (Lipinski definition) is 1. The van der Waals surface area contributed by atoms with E-state index >= 15 is 0 Å². The van der Waals surface area contributed by atoms with Gasteiger partial charge < -0.3 is 19.6 Å². The summed E-state index contributed by atoms with van der Waals surface area (Å²) < 4.78 is 5.50. The number of rotatable bonds is 5. The van der Waals surface area contributed by atoms with Crippen LogP contribution >= 0.6 is 0 Å². The van der Waals surface area contributed by atoms with Gasteiger partial charge in [0.05, 0.1) is 0 Å². The molecule has 0 bridgehead atoms. The molecule has 7 nitrogen and oxygen atoms in total. The Kier molecular flexibility index (Phi) is 6.32. The highest BCUT2D eigenvalue weighted by molar-refractivity contribution is 5.85. The van der Waals surface area contributed by atoms with E-state index in [1.165, 1.54) is 4.90 Å². The number of amides is 2. The number of nitrogens with zero attached hydrogens (tertiary/aromatic N) is 2. The van der Waals surface area contributed by atoms with Crippen LogP contribution in [0.2, 0.25) is 0 Å². The molecule has 0 aromatic heterocycles. The predicted octanol–water partition coefficient (Wildman–Crippen LogP) is 1.77. The second-order valence-corrected chi connectivity index (χ2v) is 7.14. The lowest BCUT2D eigenvalue weighted by molar-refractivity contribution is -0.155. The first-order chi connectivity index (χ1) is 13.1. The van der Waals surface area contributed by atoms with Gasteiger partial charge in [-0.05, 0) is 44.2 Å². The summed E-state index contributed by atoms with van der Waals surface area (Å²) in [6.07, 6.45) is 3.35. The minimum atomic E-state index is -0.922. The summed E-state index contributed by atoms with van der Waals surface area (Å²) in [5.41, 5.74) is 0. The fourth-order valence-corrected chi connectivity index (χ4v) is 3.82. The molecule has 2 fully saturated rings. The SMILES string of the molecule is O=C(O)[C@H]1CCCCN1C(=O)C1CCN(C(=O)COc2ccccc2)CC1. The third-order valence-corrected chi connectivity index (χ3v) is 5.37. The Hall–Kier alpha value is -2.57. The molecule has 2 aliphatic rings. The summed E-state index contributed by atoms with van der Waals surface area (Å²) in [6.45, 7) is 1.49. The maximum Gasteiger partial charge on any atom is 0.326 e. The van der Waals surface area contributed by atoms with E-state index in [1.54, 1.807) is 17.0 Å². The number of ether oxygens (including phenoxy) is 1. The lowest BCUT2D eigenvalue weighted by atomic mass is 9.92. The molecule has 3 rings (SSSR count). The van der Waals surface area contributed by atoms with Gasteiger partial charge >= 0.3 is 5.97 Å². The first kappa shape index (κ1) is 19.2. The van der Waals surface area contributed by atoms with Crippen LogP contribution in [0.5, 0.6) is 5.75 Å². The minimum absolute atomic E-state index is 0.0180. The molecule has 146 valence electrons. The Morgan fingerprint density at radius 2 is 1.70 bits per heavy atom. The third-order valence-electron chi connectivity index (χ3n) is 5.37. The van der Waals surface area contributed by atoms with E-state index in [4.69, 9.17) is 4.74 Å². The summed E-state index contributed by atoms with van der Waals surface area (Å²) >= 11 is 0. The van der Waals surface area contributed by atoms with Crippen molar-refractivity contribution in [1.82, 2.24) is 9.80 Å². The highest BCUT2D eigenvalue weighted by atomic mass is 16.5. The van der Waals surface area contributed by atoms with Gasteiger partial charge in [0.2, 0.25) is 5.91 Å². The standard InChI is InChI=1S/C20H26N2O5/c23-18(14-27-16-6-2-1-3-7-16)21-12-9-15(10-13-21)19(24)22-11-5-4-8-17(22)20(25)26/h1-3,6-7,15,17H,4-5,8-14H2,(H,25,26)/t17-/m1/s1. The number of benzene rings is 1. The van der Waals surface area contributed by atoms with Crippen LogP contribution in [0.15, 0.2) is 30.3 Å². The van der Waals surface area contributed by atoms with Crippen LogP contribution in [0, 0.1) is 5.92 Å². The van der Waals surface area contributed by atoms with Gasteiger partial charge in [-0.3, -0.25) is 9.59 Å². The molecule has 1 aromatic carbocycles. The van der Waals surface area contributed by atoms with Gasteiger partial charge in [0.1, 0.15) is 11.8 Å². The van der Waals surface area contributed by atoms with Crippen molar-refractivity contribution in [2.45, 2.75) is 38.1 Å². The maximum absolute atomic E-state index is 12.8. The molecule has 2 heterocycles. The largest absolute Gasteiger partial charge is 0.484 e. The zero-order valence-electron chi connectivity index (χ0n) is 15.4. The second-order valence-electron chi connectivity index (χ2n) is 7.14. The van der Waals surface area contributed by atoms with Crippen LogP contribution in [0.25, 0.3) is 0 Å². The van der Waals surface area contributed by atoms with Crippen molar-refractivity contribution < 1.29 is 24.2 Å². The zero-order chi connectivity index (χ0) is 19.2. The Balaban J connectivity index is 1.48. The van der Waals surface area contributed by atoms with Crippen molar-refractivity contribution in [2.75, 3.05) is 26.2 Å². The molecule has 1 aromatic rings. The molecule has 0 aliphatic carbocycles. The number of carbonyl (C=O) groups excluding carboxylic acids is 2. The number of carboxylic acids is 1. The Bertz CT molecular complexity index is 670. The predicted molar refractivity (Wildman–Crippen MR) is 98.2 cm³/mol. The normalized spacial score (nSPS) is 21.0. The highest BCUT2D eigenvalue weighted by Crippen LogP contribution is 2.25. The van der Waals surface area contributed by atoms with Crippen LogP contribution in [0.3, 0.4) is 0 Å². The summed E-state index contributed by atoms with van der Waals surface area (Å²) in [5, 5.41) is 9.36. The van der Waals surface area contributed by atoms with E-state index in [9.17, 15) is 19.5 Å². The molecule has 2 aliphatic heterocycles. The van der Waals surface area contributed by atoms with Crippen molar-refractivity contribution in [3.05, 3.63) is 30.3 Å². The summed E-state index contributed by atoms with van der Waals surface area (Å²) in [6, 6.07) is 8.48. The monoisotopic (exact) mass is 374 g/mol. The van der Waals surface area contributed by atoms with Crippen LogP contribution in [0.1, 0.15) is 32.1 Å². The van der Waals surface area contributed by atoms with Gasteiger partial charge in [-0.25, -0.2) is 4.79 Å². The van der Waals surface area contributed by atoms with Crippen LogP contribution in [-0.2, 0) is 14.4 Å². The van der Waals surface area contributed by atoms with Gasteiger partial charge in [-0.15, -0.1) is 0 Å². The highest BCUT2D eigenvalue weighted by Gasteiger charge is 2.37. The minimum Gasteiger partial charge on any atom is -0.484 e. The molecule has 0 spiro atoms. The number of carbonyl (C=O) groups is 3. The average molecular weight is 374 g/mol. The van der Waals surface area contributed by atoms with Gasteiger partial charge in [0.15, 0.2) is 6.61 Å². The summed E-state index contributed by atoms with van der Waals surface area (Å²) in [4.78, 5) is 39.8. The zero-order valence-corrected chi connectivity index (χ0v) is 15.4. The Morgan fingerprint density at radius 1 is 1.00 bits per heavy atom. The van der Waals surface area contributed by atoms with E-state index < -0.39 is 12.0 Å². The molecule has 0 unspecified atom stereocenters. The average Bonchev–Trinajstić information content (AvgIpc) is 2.72. The molecule has 0 saturated carbocycles. The summed E-state index contributed by atoms with van der Waals surface area (Å²) in [5.74, 6) is -0.639. The van der Waals surface area contributed by atoms with E-state index in [0.29, 0.717) is 44.6 Å². The smallest absolute Gasteiger partial charge is 0.326 e. The van der Waals surface area contributed by atoms with Gasteiger partial charge in [-0.1, -0.05) is 18.2 Å². The molecule has 7 heteroatoms. The van der Waals surface area contributed by atoms with Gasteiger partial charge in [0.25, 0.3) is 5.91 Å². The van der Waals surface area contributed by atoms with Crippen LogP contribution in [0.4, 0.5) is 0 Å². The van der Waals surface area contributed by atoms with Crippen molar-refractivity contribution in [3.63, 3.8) is 0 Å². The maximum atomic E-state index is 12.8. The van der Waals surface area contributed by atoms with Gasteiger partial charge in [0, 0.05) is 25.6 Å². The van der Waals surface area contributed by atoms with Crippen molar-refractivity contribution in [2.24, 2.45) is 5.92 Å². The fraction of sp³-hybridized carbons (Fsp3) is 0.550. The van der Waals surface area contributed by atoms with Crippen molar-refractivity contribution in [1.29, 1.82) is 0 Å². The Morgan fingerprint density at radius 3 is 2.37 bits per heavy atom.